The van der Waals surface area contributed by atoms with Crippen molar-refractivity contribution in [2.75, 3.05) is 6.61 Å². The molecule has 2 rings (SSSR count). The Labute approximate surface area is 112 Å². The number of hydrogen-bond donors (Lipinski definition) is 0. The molecule has 0 radical (unpaired) electrons. The van der Waals surface area contributed by atoms with Gasteiger partial charge in [-0.1, -0.05) is 6.07 Å². The van der Waals surface area contributed by atoms with Crippen LogP contribution in [0.15, 0.2) is 27.1 Å². The summed E-state index contributed by atoms with van der Waals surface area (Å²) >= 11 is 3.42. The second-order valence-electron chi connectivity index (χ2n) is 3.62. The molecule has 1 heterocycles. The second-order valence-corrected chi connectivity index (χ2v) is 4.47. The van der Waals surface area contributed by atoms with E-state index in [1.165, 1.54) is 0 Å². The molecular formula is C12H11BrN2O3. The minimum Gasteiger partial charge on any atom is -0.459 e. The van der Waals surface area contributed by atoms with E-state index in [-0.39, 0.29) is 18.4 Å². The van der Waals surface area contributed by atoms with Crippen LogP contribution in [-0.4, -0.2) is 22.8 Å². The number of carbonyl (C=O) groups is 1. The predicted molar refractivity (Wildman–Crippen MR) is 68.1 cm³/mol. The molecule has 0 bridgehead atoms. The normalized spacial score (nSPS) is 10.4. The highest BCUT2D eigenvalue weighted by molar-refractivity contribution is 9.10. The maximum absolute atomic E-state index is 11.4. The van der Waals surface area contributed by atoms with Crippen molar-refractivity contribution in [2.24, 2.45) is 0 Å². The van der Waals surface area contributed by atoms with Gasteiger partial charge in [0.25, 0.3) is 0 Å². The topological polar surface area (TPSA) is 65.2 Å². The van der Waals surface area contributed by atoms with E-state index in [0.29, 0.717) is 0 Å². The Hall–Kier alpha value is -1.69. The average Bonchev–Trinajstić information content (AvgIpc) is 2.78. The van der Waals surface area contributed by atoms with E-state index >= 15 is 0 Å². The predicted octanol–water partition coefficient (Wildman–Crippen LogP) is 2.98. The molecule has 0 aliphatic carbocycles. The third kappa shape index (κ3) is 2.59. The molecule has 6 heteroatoms. The molecule has 0 unspecified atom stereocenters. The van der Waals surface area contributed by atoms with E-state index in [1.807, 2.05) is 25.1 Å². The van der Waals surface area contributed by atoms with Gasteiger partial charge in [-0.3, -0.25) is 0 Å². The lowest BCUT2D eigenvalue weighted by Crippen LogP contribution is -2.04. The summed E-state index contributed by atoms with van der Waals surface area (Å²) < 4.78 is 10.9. The van der Waals surface area contributed by atoms with Crippen LogP contribution in [0.25, 0.3) is 11.5 Å². The summed E-state index contributed by atoms with van der Waals surface area (Å²) in [5.41, 5.74) is 1.85. The van der Waals surface area contributed by atoms with Gasteiger partial charge in [-0.15, -0.1) is 10.2 Å². The van der Waals surface area contributed by atoms with Gasteiger partial charge in [0.05, 0.1) is 12.2 Å². The molecule has 18 heavy (non-hydrogen) atoms. The number of esters is 1. The molecule has 0 spiro atoms. The minimum absolute atomic E-state index is 0.140. The maximum Gasteiger partial charge on any atom is 0.396 e. The molecule has 1 aromatic carbocycles. The Morgan fingerprint density at radius 2 is 2.22 bits per heavy atom. The summed E-state index contributed by atoms with van der Waals surface area (Å²) in [7, 11) is 0. The Morgan fingerprint density at radius 3 is 2.89 bits per heavy atom. The Kier molecular flexibility index (Phi) is 3.76. The standard InChI is InChI=1S/C12H11BrN2O3/c1-3-17-12(16)11-15-14-10(18-11)8-5-4-7(2)6-9(8)13/h4-6H,3H2,1-2H3. The number of carbonyl (C=O) groups excluding carboxylic acids is 1. The smallest absolute Gasteiger partial charge is 0.396 e. The van der Waals surface area contributed by atoms with Gasteiger partial charge in [-0.2, -0.15) is 0 Å². The summed E-state index contributed by atoms with van der Waals surface area (Å²) in [6.45, 7) is 3.96. The van der Waals surface area contributed by atoms with Crippen LogP contribution in [0, 0.1) is 6.92 Å². The average molecular weight is 311 g/mol. The van der Waals surface area contributed by atoms with Crippen LogP contribution in [-0.2, 0) is 4.74 Å². The van der Waals surface area contributed by atoms with Crippen LogP contribution in [0.5, 0.6) is 0 Å². The van der Waals surface area contributed by atoms with Crippen molar-refractivity contribution in [3.63, 3.8) is 0 Å². The lowest BCUT2D eigenvalue weighted by molar-refractivity contribution is 0.0481. The molecule has 1 aromatic heterocycles. The molecule has 0 fully saturated rings. The minimum atomic E-state index is -0.612. The molecule has 0 atom stereocenters. The lowest BCUT2D eigenvalue weighted by Gasteiger charge is -2.00. The second kappa shape index (κ2) is 5.30. The molecule has 0 amide bonds. The molecule has 0 saturated heterocycles. The Morgan fingerprint density at radius 1 is 1.44 bits per heavy atom. The van der Waals surface area contributed by atoms with Gasteiger partial charge < -0.3 is 9.15 Å². The Balaban J connectivity index is 2.32. The molecule has 0 aliphatic heterocycles. The number of ether oxygens (including phenoxy) is 1. The van der Waals surface area contributed by atoms with Gasteiger partial charge in [-0.05, 0) is 47.5 Å². The number of halogens is 1. The zero-order chi connectivity index (χ0) is 13.1. The summed E-state index contributed by atoms with van der Waals surface area (Å²) in [5.74, 6) is -0.469. The van der Waals surface area contributed by atoms with Gasteiger partial charge in [0, 0.05) is 4.47 Å². The van der Waals surface area contributed by atoms with E-state index in [2.05, 4.69) is 26.1 Å². The monoisotopic (exact) mass is 310 g/mol. The van der Waals surface area contributed by atoms with Crippen molar-refractivity contribution in [2.45, 2.75) is 13.8 Å². The van der Waals surface area contributed by atoms with Crippen LogP contribution < -0.4 is 0 Å². The van der Waals surface area contributed by atoms with E-state index in [9.17, 15) is 4.79 Å². The fraction of sp³-hybridized carbons (Fsp3) is 0.250. The van der Waals surface area contributed by atoms with Crippen LogP contribution in [0.2, 0.25) is 0 Å². The lowest BCUT2D eigenvalue weighted by atomic mass is 10.1. The number of benzene rings is 1. The van der Waals surface area contributed by atoms with Crippen LogP contribution >= 0.6 is 15.9 Å². The number of rotatable bonds is 3. The molecule has 0 aliphatic rings. The summed E-state index contributed by atoms with van der Waals surface area (Å²) in [5, 5.41) is 7.50. The van der Waals surface area contributed by atoms with Gasteiger partial charge >= 0.3 is 11.9 Å². The van der Waals surface area contributed by atoms with Crippen LogP contribution in [0.1, 0.15) is 23.2 Å². The van der Waals surface area contributed by atoms with Crippen molar-refractivity contribution in [1.29, 1.82) is 0 Å². The zero-order valence-corrected chi connectivity index (χ0v) is 11.5. The first kappa shape index (κ1) is 12.8. The highest BCUT2D eigenvalue weighted by Crippen LogP contribution is 2.28. The summed E-state index contributed by atoms with van der Waals surface area (Å²) in [6, 6.07) is 5.71. The van der Waals surface area contributed by atoms with Gasteiger partial charge in [-0.25, -0.2) is 4.79 Å². The molecule has 0 N–H and O–H groups in total. The SMILES string of the molecule is CCOC(=O)c1nnc(-c2ccc(C)cc2Br)o1. The highest BCUT2D eigenvalue weighted by Gasteiger charge is 2.18. The largest absolute Gasteiger partial charge is 0.459 e. The molecule has 0 saturated carbocycles. The first-order chi connectivity index (χ1) is 8.61. The number of aryl methyl sites for hydroxylation is 1. The summed E-state index contributed by atoms with van der Waals surface area (Å²) in [4.78, 5) is 11.4. The Bertz CT molecular complexity index is 580. The fourth-order valence-corrected chi connectivity index (χ4v) is 2.06. The van der Waals surface area contributed by atoms with Crippen molar-refractivity contribution in [3.05, 3.63) is 34.1 Å². The van der Waals surface area contributed by atoms with Crippen molar-refractivity contribution in [1.82, 2.24) is 10.2 Å². The quantitative estimate of drug-likeness (QED) is 0.815. The number of nitrogens with zero attached hydrogens (tertiary/aromatic N) is 2. The maximum atomic E-state index is 11.4. The van der Waals surface area contributed by atoms with Gasteiger partial charge in [0.2, 0.25) is 5.89 Å². The number of hydrogen-bond acceptors (Lipinski definition) is 5. The first-order valence-corrected chi connectivity index (χ1v) is 6.18. The van der Waals surface area contributed by atoms with E-state index in [1.54, 1.807) is 6.92 Å². The highest BCUT2D eigenvalue weighted by atomic mass is 79.9. The third-order valence-electron chi connectivity index (χ3n) is 2.23. The van der Waals surface area contributed by atoms with E-state index in [4.69, 9.17) is 9.15 Å². The van der Waals surface area contributed by atoms with Crippen molar-refractivity contribution >= 4 is 21.9 Å². The first-order valence-electron chi connectivity index (χ1n) is 5.39. The summed E-state index contributed by atoms with van der Waals surface area (Å²) in [6.07, 6.45) is 0. The van der Waals surface area contributed by atoms with Crippen molar-refractivity contribution < 1.29 is 13.9 Å². The fourth-order valence-electron chi connectivity index (χ4n) is 1.40. The molecule has 2 aromatic rings. The van der Waals surface area contributed by atoms with Gasteiger partial charge in [0.15, 0.2) is 0 Å². The third-order valence-corrected chi connectivity index (χ3v) is 2.89. The van der Waals surface area contributed by atoms with E-state index in [0.717, 1.165) is 15.6 Å². The molecule has 5 nitrogen and oxygen atoms in total. The van der Waals surface area contributed by atoms with Gasteiger partial charge in [0.1, 0.15) is 0 Å². The van der Waals surface area contributed by atoms with Crippen molar-refractivity contribution in [3.8, 4) is 11.5 Å². The van der Waals surface area contributed by atoms with Crippen LogP contribution in [0.3, 0.4) is 0 Å². The molecular weight excluding hydrogens is 300 g/mol. The van der Waals surface area contributed by atoms with Crippen LogP contribution in [0.4, 0.5) is 0 Å². The van der Waals surface area contributed by atoms with E-state index < -0.39 is 5.97 Å². The molecule has 94 valence electrons. The number of aromatic nitrogens is 2. The zero-order valence-electron chi connectivity index (χ0n) is 9.94.